The summed E-state index contributed by atoms with van der Waals surface area (Å²) in [7, 11) is 1.48. The lowest BCUT2D eigenvalue weighted by atomic mass is 9.76. The van der Waals surface area contributed by atoms with Crippen molar-refractivity contribution in [3.63, 3.8) is 0 Å². The minimum atomic E-state index is -0.375. The van der Waals surface area contributed by atoms with Crippen LogP contribution in [0.25, 0.3) is 0 Å². The molecule has 1 atom stereocenters. The van der Waals surface area contributed by atoms with Crippen molar-refractivity contribution < 1.29 is 9.53 Å². The van der Waals surface area contributed by atoms with E-state index in [0.29, 0.717) is 5.92 Å². The summed E-state index contributed by atoms with van der Waals surface area (Å²) in [5.41, 5.74) is -0.375. The van der Waals surface area contributed by atoms with Crippen LogP contribution in [-0.2, 0) is 16.1 Å². The highest BCUT2D eigenvalue weighted by Gasteiger charge is 2.48. The number of hydrogen-bond acceptors (Lipinski definition) is 7. The smallest absolute Gasteiger partial charge is 0.313 e. The number of aromatic nitrogens is 2. The summed E-state index contributed by atoms with van der Waals surface area (Å²) in [6.45, 7) is 8.67. The number of carbonyl (C=O) groups excluding carboxylic acids is 1. The Morgan fingerprint density at radius 2 is 2.12 bits per heavy atom. The number of nitrogens with one attached hydrogen (secondary N) is 1. The van der Waals surface area contributed by atoms with Gasteiger partial charge in [0.1, 0.15) is 10.0 Å². The van der Waals surface area contributed by atoms with Gasteiger partial charge in [-0.15, -0.1) is 35.0 Å². The first-order valence-electron chi connectivity index (χ1n) is 7.89. The zero-order valence-electron chi connectivity index (χ0n) is 14.3. The van der Waals surface area contributed by atoms with Gasteiger partial charge in [-0.3, -0.25) is 9.69 Å². The quantitative estimate of drug-likeness (QED) is 0.768. The minimum absolute atomic E-state index is 0. The molecular weight excluding hydrogens is 371 g/mol. The first-order chi connectivity index (χ1) is 10.5. The molecule has 3 heterocycles. The van der Waals surface area contributed by atoms with E-state index in [1.165, 1.54) is 7.11 Å². The molecule has 2 aliphatic rings. The fourth-order valence-corrected chi connectivity index (χ4v) is 4.26. The van der Waals surface area contributed by atoms with E-state index in [-0.39, 0.29) is 42.1 Å². The van der Waals surface area contributed by atoms with Crippen molar-refractivity contribution in [3.8, 4) is 0 Å². The Kier molecular flexibility index (Phi) is 7.87. The third kappa shape index (κ3) is 4.02. The van der Waals surface area contributed by atoms with Crippen LogP contribution in [0.3, 0.4) is 0 Å². The second-order valence-corrected chi connectivity index (χ2v) is 7.75. The van der Waals surface area contributed by atoms with Crippen molar-refractivity contribution in [2.24, 2.45) is 11.3 Å². The first-order valence-corrected chi connectivity index (χ1v) is 8.70. The summed E-state index contributed by atoms with van der Waals surface area (Å²) in [5, 5.41) is 14.1. The molecule has 2 saturated heterocycles. The molecule has 0 amide bonds. The van der Waals surface area contributed by atoms with Crippen molar-refractivity contribution in [2.45, 2.75) is 32.7 Å². The zero-order valence-corrected chi connectivity index (χ0v) is 16.7. The van der Waals surface area contributed by atoms with E-state index in [1.807, 2.05) is 0 Å². The van der Waals surface area contributed by atoms with Crippen LogP contribution >= 0.6 is 36.2 Å². The molecule has 0 aromatic carbocycles. The number of likely N-dealkylation sites (tertiary alicyclic amines) is 1. The largest absolute Gasteiger partial charge is 0.469 e. The highest BCUT2D eigenvalue weighted by Crippen LogP contribution is 2.39. The van der Waals surface area contributed by atoms with Crippen LogP contribution in [0.5, 0.6) is 0 Å². The third-order valence-electron chi connectivity index (χ3n) is 5.05. The van der Waals surface area contributed by atoms with E-state index in [2.05, 4.69) is 34.3 Å². The van der Waals surface area contributed by atoms with E-state index in [4.69, 9.17) is 4.74 Å². The van der Waals surface area contributed by atoms with Crippen LogP contribution in [0.15, 0.2) is 0 Å². The zero-order chi connectivity index (χ0) is 15.7. The van der Waals surface area contributed by atoms with Crippen molar-refractivity contribution in [2.75, 3.05) is 33.3 Å². The lowest BCUT2D eigenvalue weighted by Gasteiger charge is -2.30. The van der Waals surface area contributed by atoms with Gasteiger partial charge < -0.3 is 10.1 Å². The van der Waals surface area contributed by atoms with E-state index < -0.39 is 0 Å². The highest BCUT2D eigenvalue weighted by atomic mass is 35.5. The van der Waals surface area contributed by atoms with Gasteiger partial charge in [0.25, 0.3) is 0 Å². The molecule has 2 fully saturated rings. The fourth-order valence-electron chi connectivity index (χ4n) is 3.28. The Bertz CT molecular complexity index is 553. The lowest BCUT2D eigenvalue weighted by molar-refractivity contribution is -0.154. The van der Waals surface area contributed by atoms with Crippen molar-refractivity contribution in [1.29, 1.82) is 0 Å². The van der Waals surface area contributed by atoms with Gasteiger partial charge in [-0.25, -0.2) is 0 Å². The topological polar surface area (TPSA) is 67.3 Å². The maximum Gasteiger partial charge on any atom is 0.313 e. The third-order valence-corrected chi connectivity index (χ3v) is 6.12. The molecule has 0 bridgehead atoms. The number of esters is 1. The Morgan fingerprint density at radius 1 is 1.42 bits per heavy atom. The van der Waals surface area contributed by atoms with Crippen LogP contribution in [0.1, 0.15) is 36.2 Å². The van der Waals surface area contributed by atoms with Crippen LogP contribution in [-0.4, -0.2) is 54.4 Å². The first kappa shape index (κ1) is 21.6. The Labute approximate surface area is 159 Å². The van der Waals surface area contributed by atoms with Crippen molar-refractivity contribution in [1.82, 2.24) is 20.4 Å². The van der Waals surface area contributed by atoms with Gasteiger partial charge in [-0.1, -0.05) is 25.2 Å². The molecule has 24 heavy (non-hydrogen) atoms. The number of methoxy groups -OCH3 is 1. The Morgan fingerprint density at radius 3 is 2.67 bits per heavy atom. The number of rotatable bonds is 5. The molecule has 6 nitrogen and oxygen atoms in total. The van der Waals surface area contributed by atoms with Crippen LogP contribution in [0.2, 0.25) is 0 Å². The maximum atomic E-state index is 12.2. The normalized spacial score (nSPS) is 24.2. The number of nitrogens with zero attached hydrogens (tertiary/aromatic N) is 3. The van der Waals surface area contributed by atoms with Crippen molar-refractivity contribution >= 4 is 42.1 Å². The van der Waals surface area contributed by atoms with Gasteiger partial charge in [-0.05, 0) is 18.9 Å². The number of hydrogen-bond donors (Lipinski definition) is 1. The van der Waals surface area contributed by atoms with Gasteiger partial charge in [0.05, 0.1) is 19.1 Å². The van der Waals surface area contributed by atoms with Gasteiger partial charge in [0.2, 0.25) is 0 Å². The summed E-state index contributed by atoms with van der Waals surface area (Å²) in [4.78, 5) is 14.5. The molecule has 138 valence electrons. The second-order valence-electron chi connectivity index (χ2n) is 6.65. The molecular formula is C15H26Cl2N4O2S. The average Bonchev–Trinajstić information content (AvgIpc) is 3.05. The molecule has 1 unspecified atom stereocenters. The standard InChI is InChI=1S/C15H24N4O2S.2ClH/c1-10(2)15(14(20)21-3)4-5-19(9-15)8-12-17-18-13(22-12)11-6-16-7-11;;/h10-11,16H,4-9H2,1-3H3;2*1H. The summed E-state index contributed by atoms with van der Waals surface area (Å²) in [6.07, 6.45) is 0.857. The summed E-state index contributed by atoms with van der Waals surface area (Å²) < 4.78 is 5.06. The summed E-state index contributed by atoms with van der Waals surface area (Å²) in [6, 6.07) is 0. The van der Waals surface area contributed by atoms with Gasteiger partial charge >= 0.3 is 5.97 Å². The highest BCUT2D eigenvalue weighted by molar-refractivity contribution is 7.11. The molecule has 1 aromatic heterocycles. The minimum Gasteiger partial charge on any atom is -0.469 e. The van der Waals surface area contributed by atoms with Crippen molar-refractivity contribution in [3.05, 3.63) is 10.0 Å². The van der Waals surface area contributed by atoms with Gasteiger partial charge in [0, 0.05) is 25.6 Å². The van der Waals surface area contributed by atoms with E-state index in [0.717, 1.165) is 49.2 Å². The molecule has 1 N–H and O–H groups in total. The maximum absolute atomic E-state index is 12.2. The van der Waals surface area contributed by atoms with E-state index in [1.54, 1.807) is 11.3 Å². The second kappa shape index (κ2) is 8.76. The van der Waals surface area contributed by atoms with E-state index >= 15 is 0 Å². The number of carbonyl (C=O) groups is 1. The molecule has 0 radical (unpaired) electrons. The molecule has 2 aliphatic heterocycles. The Balaban J connectivity index is 0.00000144. The van der Waals surface area contributed by atoms with Crippen LogP contribution < -0.4 is 5.32 Å². The van der Waals surface area contributed by atoms with Gasteiger partial charge in [0.15, 0.2) is 0 Å². The molecule has 0 spiro atoms. The van der Waals surface area contributed by atoms with Gasteiger partial charge in [-0.2, -0.15) is 0 Å². The predicted octanol–water partition coefficient (Wildman–Crippen LogP) is 2.09. The lowest BCUT2D eigenvalue weighted by Crippen LogP contribution is -2.40. The van der Waals surface area contributed by atoms with E-state index in [9.17, 15) is 4.79 Å². The molecule has 1 aromatic rings. The molecule has 3 rings (SSSR count). The molecule has 0 saturated carbocycles. The summed E-state index contributed by atoms with van der Waals surface area (Å²) >= 11 is 1.71. The fraction of sp³-hybridized carbons (Fsp3) is 0.800. The van der Waals surface area contributed by atoms with Crippen LogP contribution in [0.4, 0.5) is 0 Å². The molecule has 9 heteroatoms. The monoisotopic (exact) mass is 396 g/mol. The molecule has 0 aliphatic carbocycles. The van der Waals surface area contributed by atoms with Crippen LogP contribution in [0, 0.1) is 11.3 Å². The number of halogens is 2. The Hall–Kier alpha value is -0.470. The SMILES string of the molecule is COC(=O)C1(C(C)C)CCN(Cc2nnc(C3CNC3)s2)C1.Cl.Cl. The summed E-state index contributed by atoms with van der Waals surface area (Å²) in [5.74, 6) is 0.731. The number of ether oxygens (including phenoxy) is 1. The predicted molar refractivity (Wildman–Crippen MR) is 99.2 cm³/mol. The average molecular weight is 397 g/mol.